The van der Waals surface area contributed by atoms with Gasteiger partial charge in [-0.25, -0.2) is 4.98 Å². The first-order chi connectivity index (χ1) is 14.8. The van der Waals surface area contributed by atoms with E-state index in [-0.39, 0.29) is 5.15 Å². The van der Waals surface area contributed by atoms with Crippen LogP contribution in [0.5, 0.6) is 0 Å². The Morgan fingerprint density at radius 1 is 1.00 bits per heavy atom. The number of carbonyl (C=O) groups is 1. The van der Waals surface area contributed by atoms with Crippen molar-refractivity contribution in [3.63, 3.8) is 0 Å². The summed E-state index contributed by atoms with van der Waals surface area (Å²) in [5.41, 5.74) is 6.54. The van der Waals surface area contributed by atoms with Gasteiger partial charge in [0.1, 0.15) is 17.0 Å². The smallest absolute Gasteiger partial charge is 0.368 e. The predicted molar refractivity (Wildman–Crippen MR) is 115 cm³/mol. The highest BCUT2D eigenvalue weighted by Gasteiger charge is 2.30. The van der Waals surface area contributed by atoms with Gasteiger partial charge in [0.25, 0.3) is 0 Å². The zero-order valence-electron chi connectivity index (χ0n) is 16.5. The highest BCUT2D eigenvalue weighted by atomic mass is 35.5. The number of primary amides is 1. The van der Waals surface area contributed by atoms with Crippen LogP contribution in [0, 0.1) is 0 Å². The predicted octanol–water partition coefficient (Wildman–Crippen LogP) is 5.42. The van der Waals surface area contributed by atoms with Crippen molar-refractivity contribution < 1.29 is 18.0 Å². The molecule has 0 aliphatic rings. The summed E-state index contributed by atoms with van der Waals surface area (Å²) < 4.78 is 38.3. The second-order valence-electron chi connectivity index (χ2n) is 7.03. The van der Waals surface area contributed by atoms with Gasteiger partial charge >= 0.3 is 6.18 Å². The van der Waals surface area contributed by atoms with Crippen LogP contribution in [0.2, 0.25) is 5.15 Å². The van der Waals surface area contributed by atoms with E-state index in [1.165, 1.54) is 12.1 Å². The van der Waals surface area contributed by atoms with E-state index in [2.05, 4.69) is 4.98 Å². The summed E-state index contributed by atoms with van der Waals surface area (Å²) in [7, 11) is 0. The van der Waals surface area contributed by atoms with E-state index in [9.17, 15) is 18.0 Å². The SMILES string of the molecule is NC(=O)C(c1ccccc1)N(CCCc1ccc(C(F)(F)F)cc1)c1cccc(Cl)n1. The van der Waals surface area contributed by atoms with Crippen LogP contribution < -0.4 is 10.6 Å². The summed E-state index contributed by atoms with van der Waals surface area (Å²) in [6.45, 7) is 0.400. The average molecular weight is 448 g/mol. The Morgan fingerprint density at radius 3 is 2.26 bits per heavy atom. The van der Waals surface area contributed by atoms with Crippen LogP contribution in [0.3, 0.4) is 0 Å². The summed E-state index contributed by atoms with van der Waals surface area (Å²) in [5, 5.41) is 0.279. The number of amides is 1. The number of carbonyl (C=O) groups excluding carboxylic acids is 1. The zero-order chi connectivity index (χ0) is 22.4. The molecule has 2 aromatic carbocycles. The van der Waals surface area contributed by atoms with Crippen molar-refractivity contribution in [3.05, 3.63) is 94.6 Å². The van der Waals surface area contributed by atoms with E-state index in [1.807, 2.05) is 30.3 Å². The first-order valence-corrected chi connectivity index (χ1v) is 10.0. The Morgan fingerprint density at radius 2 is 1.68 bits per heavy atom. The van der Waals surface area contributed by atoms with Gasteiger partial charge in [-0.3, -0.25) is 4.79 Å². The summed E-state index contributed by atoms with van der Waals surface area (Å²) >= 11 is 6.05. The van der Waals surface area contributed by atoms with E-state index >= 15 is 0 Å². The van der Waals surface area contributed by atoms with Crippen LogP contribution in [0.25, 0.3) is 0 Å². The molecule has 0 bridgehead atoms. The zero-order valence-corrected chi connectivity index (χ0v) is 17.3. The first kappa shape index (κ1) is 22.6. The Balaban J connectivity index is 1.81. The van der Waals surface area contributed by atoms with E-state index in [1.54, 1.807) is 23.1 Å². The number of benzene rings is 2. The lowest BCUT2D eigenvalue weighted by Crippen LogP contribution is -2.39. The molecule has 8 heteroatoms. The number of rotatable bonds is 8. The third-order valence-corrected chi connectivity index (χ3v) is 5.05. The van der Waals surface area contributed by atoms with Gasteiger partial charge in [0, 0.05) is 6.54 Å². The lowest BCUT2D eigenvalue weighted by molar-refractivity contribution is -0.137. The number of anilines is 1. The third kappa shape index (κ3) is 5.98. The maximum atomic E-state index is 12.8. The number of nitrogens with zero attached hydrogens (tertiary/aromatic N) is 2. The maximum absolute atomic E-state index is 12.8. The second-order valence-corrected chi connectivity index (χ2v) is 7.41. The van der Waals surface area contributed by atoms with Crippen molar-refractivity contribution in [1.29, 1.82) is 0 Å². The van der Waals surface area contributed by atoms with E-state index in [0.29, 0.717) is 30.8 Å². The van der Waals surface area contributed by atoms with Crippen LogP contribution in [0.15, 0.2) is 72.8 Å². The van der Waals surface area contributed by atoms with Gasteiger partial charge in [-0.15, -0.1) is 0 Å². The van der Waals surface area contributed by atoms with E-state index in [4.69, 9.17) is 17.3 Å². The first-order valence-electron chi connectivity index (χ1n) is 9.65. The fourth-order valence-corrected chi connectivity index (χ4v) is 3.54. The molecule has 0 spiro atoms. The standard InChI is InChI=1S/C23H21ClF3N3O/c24-19-9-4-10-20(29-19)30(21(22(28)31)17-7-2-1-3-8-17)15-5-6-16-11-13-18(14-12-16)23(25,26)27/h1-4,7-14,21H,5-6,15H2,(H2,28,31). The van der Waals surface area contributed by atoms with Gasteiger partial charge in [-0.2, -0.15) is 13.2 Å². The number of pyridine rings is 1. The second kappa shape index (κ2) is 9.83. The van der Waals surface area contributed by atoms with Gasteiger partial charge in [0.05, 0.1) is 5.56 Å². The molecule has 162 valence electrons. The van der Waals surface area contributed by atoms with Crippen molar-refractivity contribution in [2.24, 2.45) is 5.73 Å². The number of alkyl halides is 3. The van der Waals surface area contributed by atoms with Gasteiger partial charge < -0.3 is 10.6 Å². The quantitative estimate of drug-likeness (QED) is 0.469. The van der Waals surface area contributed by atoms with E-state index < -0.39 is 23.7 Å². The van der Waals surface area contributed by atoms with Gasteiger partial charge in [-0.05, 0) is 48.2 Å². The number of hydrogen-bond donors (Lipinski definition) is 1. The normalized spacial score (nSPS) is 12.4. The third-order valence-electron chi connectivity index (χ3n) is 4.84. The van der Waals surface area contributed by atoms with Crippen molar-refractivity contribution in [2.45, 2.75) is 25.1 Å². The van der Waals surface area contributed by atoms with E-state index in [0.717, 1.165) is 17.7 Å². The summed E-state index contributed by atoms with van der Waals surface area (Å²) in [5.74, 6) is -0.0462. The lowest BCUT2D eigenvalue weighted by atomic mass is 10.0. The van der Waals surface area contributed by atoms with Crippen LogP contribution >= 0.6 is 11.6 Å². The molecule has 0 radical (unpaired) electrons. The van der Waals surface area contributed by atoms with Gasteiger partial charge in [0.2, 0.25) is 5.91 Å². The van der Waals surface area contributed by atoms with Crippen molar-refractivity contribution >= 4 is 23.3 Å². The lowest BCUT2D eigenvalue weighted by Gasteiger charge is -2.31. The molecule has 1 amide bonds. The molecule has 0 aliphatic carbocycles. The monoisotopic (exact) mass is 447 g/mol. The summed E-state index contributed by atoms with van der Waals surface area (Å²) in [6.07, 6.45) is -3.27. The number of hydrogen-bond acceptors (Lipinski definition) is 3. The van der Waals surface area contributed by atoms with Crippen molar-refractivity contribution in [2.75, 3.05) is 11.4 Å². The minimum Gasteiger partial charge on any atom is -0.368 e. The Kier molecular flexibility index (Phi) is 7.17. The molecule has 0 saturated heterocycles. The number of nitrogens with two attached hydrogens (primary N) is 1. The molecule has 1 atom stereocenters. The average Bonchev–Trinajstić information content (AvgIpc) is 2.73. The van der Waals surface area contributed by atoms with Crippen LogP contribution in [-0.4, -0.2) is 17.4 Å². The van der Waals surface area contributed by atoms with Crippen LogP contribution in [0.1, 0.15) is 29.2 Å². The molecule has 4 nitrogen and oxygen atoms in total. The minimum absolute atomic E-state index is 0.279. The number of halogens is 4. The van der Waals surface area contributed by atoms with Crippen LogP contribution in [-0.2, 0) is 17.4 Å². The van der Waals surface area contributed by atoms with Gasteiger partial charge in [-0.1, -0.05) is 60.1 Å². The van der Waals surface area contributed by atoms with Crippen molar-refractivity contribution in [1.82, 2.24) is 4.98 Å². The Hall–Kier alpha value is -3.06. The highest BCUT2D eigenvalue weighted by molar-refractivity contribution is 6.29. The fourth-order valence-electron chi connectivity index (χ4n) is 3.38. The fraction of sp³-hybridized carbons (Fsp3) is 0.217. The molecule has 31 heavy (non-hydrogen) atoms. The molecular weight excluding hydrogens is 427 g/mol. The Bertz CT molecular complexity index is 1010. The molecule has 1 heterocycles. The number of aromatic nitrogens is 1. The summed E-state index contributed by atoms with van der Waals surface area (Å²) in [4.78, 5) is 18.5. The maximum Gasteiger partial charge on any atom is 0.416 e. The molecule has 1 unspecified atom stereocenters. The number of aryl methyl sites for hydroxylation is 1. The molecule has 0 aliphatic heterocycles. The van der Waals surface area contributed by atoms with Crippen molar-refractivity contribution in [3.8, 4) is 0 Å². The van der Waals surface area contributed by atoms with Gasteiger partial charge in [0.15, 0.2) is 0 Å². The Labute approximate surface area is 183 Å². The molecule has 3 rings (SSSR count). The molecule has 2 N–H and O–H groups in total. The molecule has 0 saturated carbocycles. The minimum atomic E-state index is -4.36. The molecule has 1 aromatic heterocycles. The highest BCUT2D eigenvalue weighted by Crippen LogP contribution is 2.30. The molecular formula is C23H21ClF3N3O. The topological polar surface area (TPSA) is 59.2 Å². The summed E-state index contributed by atoms with van der Waals surface area (Å²) in [6, 6.07) is 18.5. The van der Waals surface area contributed by atoms with Crippen LogP contribution in [0.4, 0.5) is 19.0 Å². The largest absolute Gasteiger partial charge is 0.416 e. The molecule has 0 fully saturated rings. The molecule has 3 aromatic rings.